The number of rotatable bonds is 7. The van der Waals surface area contributed by atoms with E-state index in [9.17, 15) is 26.4 Å². The molecule has 0 aliphatic rings. The fourth-order valence-corrected chi connectivity index (χ4v) is 4.91. The van der Waals surface area contributed by atoms with Crippen LogP contribution in [0.3, 0.4) is 0 Å². The third-order valence-corrected chi connectivity index (χ3v) is 7.11. The highest BCUT2D eigenvalue weighted by molar-refractivity contribution is 7.89. The maximum atomic E-state index is 13.5. The predicted molar refractivity (Wildman–Crippen MR) is 149 cm³/mol. The van der Waals surface area contributed by atoms with Gasteiger partial charge in [-0.1, -0.05) is 54.6 Å². The lowest BCUT2D eigenvalue weighted by molar-refractivity contribution is -0.137. The maximum absolute atomic E-state index is 13.5. The second-order valence-electron chi connectivity index (χ2n) is 8.87. The molecule has 0 unspecified atom stereocenters. The Labute approximate surface area is 232 Å². The van der Waals surface area contributed by atoms with E-state index in [2.05, 4.69) is 15.8 Å². The zero-order valence-corrected chi connectivity index (χ0v) is 21.8. The first kappa shape index (κ1) is 27.6. The summed E-state index contributed by atoms with van der Waals surface area (Å²) >= 11 is 0. The van der Waals surface area contributed by atoms with Crippen LogP contribution < -0.4 is 20.8 Å². The van der Waals surface area contributed by atoms with Gasteiger partial charge in [-0.3, -0.25) is 4.79 Å². The largest absolute Gasteiger partial charge is 0.416 e. The lowest BCUT2D eigenvalue weighted by atomic mass is 10.0. The molecule has 0 fully saturated rings. The molecule has 0 radical (unpaired) electrons. The van der Waals surface area contributed by atoms with Gasteiger partial charge >= 0.3 is 6.18 Å². The fraction of sp³-hybridized carbons (Fsp3) is 0.0345. The number of anilines is 2. The molecule has 0 spiro atoms. The molecule has 0 atom stereocenters. The molecule has 4 aromatic carbocycles. The average Bonchev–Trinajstić information content (AvgIpc) is 2.95. The van der Waals surface area contributed by atoms with Gasteiger partial charge in [0.1, 0.15) is 0 Å². The number of halogens is 3. The molecule has 1 aromatic heterocycles. The van der Waals surface area contributed by atoms with Crippen LogP contribution >= 0.6 is 0 Å². The molecule has 0 saturated heterocycles. The van der Waals surface area contributed by atoms with Gasteiger partial charge in [0, 0.05) is 22.7 Å². The van der Waals surface area contributed by atoms with Crippen molar-refractivity contribution >= 4 is 38.2 Å². The number of aromatic nitrogens is 1. The van der Waals surface area contributed by atoms with Crippen molar-refractivity contribution in [3.8, 4) is 16.9 Å². The van der Waals surface area contributed by atoms with E-state index in [1.54, 1.807) is 36.5 Å². The number of nitrogens with two attached hydrogens (primary N) is 1. The summed E-state index contributed by atoms with van der Waals surface area (Å²) in [7, 11) is -4.00. The minimum atomic E-state index is -4.67. The second-order valence-corrected chi connectivity index (χ2v) is 10.4. The van der Waals surface area contributed by atoms with E-state index < -0.39 is 27.7 Å². The molecule has 0 aliphatic carbocycles. The standard InChI is InChI=1S/C29H21F3N4O4S/c30-29(31,32)21-13-14-25(40-36-27-23-7-2-1-5-18(23)15-16-34-27)24(17-21)35-28(37)20-11-9-19(10-12-20)22-6-3-4-8-26(22)41(33,38)39/h1-17H,(H,34,36)(H,35,37)(H2,33,38,39). The molecule has 5 aromatic rings. The van der Waals surface area contributed by atoms with Gasteiger partial charge in [-0.05, 0) is 53.4 Å². The molecule has 41 heavy (non-hydrogen) atoms. The number of amides is 1. The summed E-state index contributed by atoms with van der Waals surface area (Å²) in [5.74, 6) is -0.473. The number of nitrogens with one attached hydrogen (secondary N) is 2. The van der Waals surface area contributed by atoms with E-state index >= 15 is 0 Å². The van der Waals surface area contributed by atoms with E-state index in [1.165, 1.54) is 36.4 Å². The molecule has 208 valence electrons. The highest BCUT2D eigenvalue weighted by atomic mass is 32.2. The Kier molecular flexibility index (Phi) is 7.35. The van der Waals surface area contributed by atoms with Crippen molar-refractivity contribution in [2.24, 2.45) is 5.14 Å². The summed E-state index contributed by atoms with van der Waals surface area (Å²) in [6, 6.07) is 23.8. The normalized spacial score (nSPS) is 11.7. The Bertz CT molecular complexity index is 1860. The minimum absolute atomic E-state index is 0.0835. The minimum Gasteiger partial charge on any atom is -0.378 e. The molecule has 5 rings (SSSR count). The van der Waals surface area contributed by atoms with Crippen LogP contribution in [0.1, 0.15) is 15.9 Å². The highest BCUT2D eigenvalue weighted by Gasteiger charge is 2.31. The summed E-state index contributed by atoms with van der Waals surface area (Å²) in [5, 5.41) is 9.36. The van der Waals surface area contributed by atoms with Crippen LogP contribution in [-0.4, -0.2) is 19.3 Å². The van der Waals surface area contributed by atoms with Gasteiger partial charge < -0.3 is 10.2 Å². The monoisotopic (exact) mass is 578 g/mol. The van der Waals surface area contributed by atoms with E-state index in [0.29, 0.717) is 16.9 Å². The molecule has 1 amide bonds. The van der Waals surface area contributed by atoms with Gasteiger partial charge in [0.05, 0.1) is 16.1 Å². The molecule has 0 saturated carbocycles. The lowest BCUT2D eigenvalue weighted by Gasteiger charge is -2.16. The maximum Gasteiger partial charge on any atom is 0.416 e. The summed E-state index contributed by atoms with van der Waals surface area (Å²) in [6.45, 7) is 0. The van der Waals surface area contributed by atoms with Crippen molar-refractivity contribution in [2.45, 2.75) is 11.1 Å². The summed E-state index contributed by atoms with van der Waals surface area (Å²) in [6.07, 6.45) is -3.12. The third kappa shape index (κ3) is 6.13. The van der Waals surface area contributed by atoms with Crippen LogP contribution in [0.25, 0.3) is 21.9 Å². The molecule has 0 aliphatic heterocycles. The van der Waals surface area contributed by atoms with Crippen molar-refractivity contribution in [1.29, 1.82) is 0 Å². The zero-order valence-electron chi connectivity index (χ0n) is 21.0. The summed E-state index contributed by atoms with van der Waals surface area (Å²) < 4.78 is 64.3. The molecule has 1 heterocycles. The number of nitrogens with zero attached hydrogens (tertiary/aromatic N) is 1. The predicted octanol–water partition coefficient (Wildman–Crippen LogP) is 6.23. The smallest absolute Gasteiger partial charge is 0.378 e. The van der Waals surface area contributed by atoms with Crippen molar-refractivity contribution in [3.05, 3.63) is 114 Å². The van der Waals surface area contributed by atoms with Crippen LogP contribution in [0.15, 0.2) is 108 Å². The van der Waals surface area contributed by atoms with Gasteiger partial charge in [0.2, 0.25) is 10.0 Å². The molecule has 12 heteroatoms. The Morgan fingerprint density at radius 1 is 0.878 bits per heavy atom. The van der Waals surface area contributed by atoms with Crippen molar-refractivity contribution in [1.82, 2.24) is 4.98 Å². The lowest BCUT2D eigenvalue weighted by Crippen LogP contribution is -2.16. The topological polar surface area (TPSA) is 123 Å². The van der Waals surface area contributed by atoms with Crippen LogP contribution in [0.4, 0.5) is 24.7 Å². The number of benzene rings is 4. The molecular weight excluding hydrogens is 557 g/mol. The SMILES string of the molecule is NS(=O)(=O)c1ccccc1-c1ccc(C(=O)Nc2cc(C(F)(F)F)ccc2ONc2nccc3ccccc23)cc1. The fourth-order valence-electron chi connectivity index (χ4n) is 4.15. The highest BCUT2D eigenvalue weighted by Crippen LogP contribution is 2.36. The van der Waals surface area contributed by atoms with E-state index in [4.69, 9.17) is 9.98 Å². The van der Waals surface area contributed by atoms with Gasteiger partial charge in [-0.2, -0.15) is 13.2 Å². The summed E-state index contributed by atoms with van der Waals surface area (Å²) in [5.41, 5.74) is 2.35. The van der Waals surface area contributed by atoms with Gasteiger partial charge in [-0.25, -0.2) is 24.0 Å². The van der Waals surface area contributed by atoms with Crippen LogP contribution in [0.5, 0.6) is 5.75 Å². The Balaban J connectivity index is 1.41. The number of pyridine rings is 1. The van der Waals surface area contributed by atoms with E-state index in [-0.39, 0.29) is 21.9 Å². The molecule has 8 nitrogen and oxygen atoms in total. The number of hydrogen-bond donors (Lipinski definition) is 3. The van der Waals surface area contributed by atoms with Gasteiger partial charge in [-0.15, -0.1) is 0 Å². The van der Waals surface area contributed by atoms with Crippen LogP contribution in [0, 0.1) is 0 Å². The number of carbonyl (C=O) groups excluding carboxylic acids is 1. The second kappa shape index (κ2) is 10.9. The van der Waals surface area contributed by atoms with Gasteiger partial charge in [0.15, 0.2) is 11.6 Å². The average molecular weight is 579 g/mol. The van der Waals surface area contributed by atoms with E-state index in [0.717, 1.165) is 29.0 Å². The van der Waals surface area contributed by atoms with Crippen molar-refractivity contribution in [3.63, 3.8) is 0 Å². The van der Waals surface area contributed by atoms with Crippen LogP contribution in [0.2, 0.25) is 0 Å². The number of primary sulfonamides is 1. The Hall–Kier alpha value is -4.94. The third-order valence-electron chi connectivity index (χ3n) is 6.14. The Morgan fingerprint density at radius 3 is 2.32 bits per heavy atom. The first-order valence-corrected chi connectivity index (χ1v) is 13.6. The molecule has 4 N–H and O–H groups in total. The number of sulfonamides is 1. The van der Waals surface area contributed by atoms with E-state index in [1.807, 2.05) is 12.1 Å². The number of carbonyl (C=O) groups is 1. The van der Waals surface area contributed by atoms with Crippen molar-refractivity contribution < 1.29 is 31.2 Å². The summed E-state index contributed by atoms with van der Waals surface area (Å²) in [4.78, 5) is 22.8. The number of alkyl halides is 3. The van der Waals surface area contributed by atoms with Gasteiger partial charge in [0.25, 0.3) is 5.91 Å². The first-order chi connectivity index (χ1) is 19.5. The molecular formula is C29H21F3N4O4S. The van der Waals surface area contributed by atoms with Crippen molar-refractivity contribution in [2.75, 3.05) is 10.8 Å². The number of fused-ring (bicyclic) bond motifs is 1. The Morgan fingerprint density at radius 2 is 1.59 bits per heavy atom. The van der Waals surface area contributed by atoms with Crippen LogP contribution in [-0.2, 0) is 16.2 Å². The first-order valence-electron chi connectivity index (χ1n) is 12.0. The molecule has 0 bridgehead atoms. The quantitative estimate of drug-likeness (QED) is 0.197. The number of hydrogen-bond acceptors (Lipinski definition) is 6. The zero-order chi connectivity index (χ0) is 29.2.